The van der Waals surface area contributed by atoms with E-state index in [-0.39, 0.29) is 18.4 Å². The molecule has 1 nitrogen and oxygen atoms in total. The second kappa shape index (κ2) is 5.39. The van der Waals surface area contributed by atoms with Crippen molar-refractivity contribution in [2.24, 2.45) is 17.6 Å². The minimum Gasteiger partial charge on any atom is -0.330 e. The lowest BCUT2D eigenvalue weighted by molar-refractivity contribution is 0.187. The quantitative estimate of drug-likeness (QED) is 0.838. The second-order valence-corrected chi connectivity index (χ2v) is 4.55. The topological polar surface area (TPSA) is 26.0 Å². The van der Waals surface area contributed by atoms with Crippen molar-refractivity contribution in [3.8, 4) is 0 Å². The zero-order valence-corrected chi connectivity index (χ0v) is 10.0. The van der Waals surface area contributed by atoms with E-state index in [2.05, 4.69) is 0 Å². The lowest BCUT2D eigenvalue weighted by atomic mass is 9.86. The molecule has 16 heavy (non-hydrogen) atoms. The van der Waals surface area contributed by atoms with Gasteiger partial charge in [-0.3, -0.25) is 0 Å². The SMILES string of the molecule is Cc1ccc(F)cc1C(F)C(CN)C(C)C. The van der Waals surface area contributed by atoms with Gasteiger partial charge in [0.2, 0.25) is 0 Å². The van der Waals surface area contributed by atoms with Crippen molar-refractivity contribution in [2.45, 2.75) is 26.9 Å². The van der Waals surface area contributed by atoms with Crippen molar-refractivity contribution in [3.05, 3.63) is 35.1 Å². The van der Waals surface area contributed by atoms with Gasteiger partial charge in [-0.1, -0.05) is 19.9 Å². The van der Waals surface area contributed by atoms with Crippen molar-refractivity contribution in [3.63, 3.8) is 0 Å². The molecule has 2 unspecified atom stereocenters. The first-order valence-corrected chi connectivity index (χ1v) is 5.57. The zero-order valence-electron chi connectivity index (χ0n) is 10.0. The molecule has 1 aromatic rings. The molecule has 0 bridgehead atoms. The molecular formula is C13H19F2N. The fourth-order valence-electron chi connectivity index (χ4n) is 1.87. The Labute approximate surface area is 95.7 Å². The van der Waals surface area contributed by atoms with Crippen molar-refractivity contribution in [2.75, 3.05) is 6.54 Å². The molecule has 2 N–H and O–H groups in total. The summed E-state index contributed by atoms with van der Waals surface area (Å²) in [5.74, 6) is -0.522. The normalized spacial score (nSPS) is 15.2. The smallest absolute Gasteiger partial charge is 0.130 e. The van der Waals surface area contributed by atoms with Crippen molar-refractivity contribution < 1.29 is 8.78 Å². The van der Waals surface area contributed by atoms with E-state index in [4.69, 9.17) is 5.73 Å². The first-order chi connectivity index (χ1) is 7.47. The van der Waals surface area contributed by atoms with Gasteiger partial charge >= 0.3 is 0 Å². The maximum absolute atomic E-state index is 14.2. The van der Waals surface area contributed by atoms with Gasteiger partial charge in [0.25, 0.3) is 0 Å². The molecule has 0 fully saturated rings. The van der Waals surface area contributed by atoms with Gasteiger partial charge in [0.15, 0.2) is 0 Å². The third kappa shape index (κ3) is 2.79. The molecule has 0 aliphatic heterocycles. The molecule has 0 aliphatic rings. The van der Waals surface area contributed by atoms with E-state index in [1.54, 1.807) is 13.0 Å². The summed E-state index contributed by atoms with van der Waals surface area (Å²) in [5, 5.41) is 0. The molecule has 0 aromatic heterocycles. The monoisotopic (exact) mass is 227 g/mol. The number of hydrogen-bond acceptors (Lipinski definition) is 1. The minimum atomic E-state index is -1.19. The van der Waals surface area contributed by atoms with Crippen LogP contribution in [0.25, 0.3) is 0 Å². The van der Waals surface area contributed by atoms with E-state index in [0.29, 0.717) is 5.56 Å². The lowest BCUT2D eigenvalue weighted by Gasteiger charge is -2.24. The molecule has 0 spiro atoms. The van der Waals surface area contributed by atoms with Gasteiger partial charge in [0, 0.05) is 5.92 Å². The molecule has 0 saturated carbocycles. The van der Waals surface area contributed by atoms with Crippen molar-refractivity contribution in [1.82, 2.24) is 0 Å². The third-order valence-electron chi connectivity index (χ3n) is 3.04. The minimum absolute atomic E-state index is 0.141. The number of benzene rings is 1. The summed E-state index contributed by atoms with van der Waals surface area (Å²) in [6, 6.07) is 4.22. The summed E-state index contributed by atoms with van der Waals surface area (Å²) in [4.78, 5) is 0. The highest BCUT2D eigenvalue weighted by Crippen LogP contribution is 2.33. The largest absolute Gasteiger partial charge is 0.330 e. The summed E-state index contributed by atoms with van der Waals surface area (Å²) < 4.78 is 27.3. The summed E-state index contributed by atoms with van der Waals surface area (Å²) in [6.45, 7) is 5.92. The molecule has 0 amide bonds. The van der Waals surface area contributed by atoms with Crippen LogP contribution in [0.2, 0.25) is 0 Å². The van der Waals surface area contributed by atoms with E-state index >= 15 is 0 Å². The van der Waals surface area contributed by atoms with Crippen LogP contribution in [0.15, 0.2) is 18.2 Å². The van der Waals surface area contributed by atoms with Crippen LogP contribution >= 0.6 is 0 Å². The van der Waals surface area contributed by atoms with Crippen molar-refractivity contribution in [1.29, 1.82) is 0 Å². The third-order valence-corrected chi connectivity index (χ3v) is 3.04. The van der Waals surface area contributed by atoms with E-state index in [1.165, 1.54) is 12.1 Å². The van der Waals surface area contributed by atoms with Gasteiger partial charge in [-0.05, 0) is 42.6 Å². The van der Waals surface area contributed by atoms with E-state index in [1.807, 2.05) is 13.8 Å². The fraction of sp³-hybridized carbons (Fsp3) is 0.538. The predicted molar refractivity (Wildman–Crippen MR) is 62.4 cm³/mol. The Bertz CT molecular complexity index is 350. The molecule has 0 saturated heterocycles. The zero-order chi connectivity index (χ0) is 12.3. The van der Waals surface area contributed by atoms with Crippen LogP contribution in [0.5, 0.6) is 0 Å². The van der Waals surface area contributed by atoms with Crippen LogP contribution in [0.4, 0.5) is 8.78 Å². The first-order valence-electron chi connectivity index (χ1n) is 5.57. The maximum atomic E-state index is 14.2. The number of halogens is 2. The second-order valence-electron chi connectivity index (χ2n) is 4.55. The average molecular weight is 227 g/mol. The van der Waals surface area contributed by atoms with Crippen LogP contribution < -0.4 is 5.73 Å². The van der Waals surface area contributed by atoms with Gasteiger partial charge in [-0.25, -0.2) is 8.78 Å². The molecule has 1 rings (SSSR count). The van der Waals surface area contributed by atoms with Gasteiger partial charge in [-0.2, -0.15) is 0 Å². The number of hydrogen-bond donors (Lipinski definition) is 1. The average Bonchev–Trinajstić information content (AvgIpc) is 2.22. The van der Waals surface area contributed by atoms with Crippen LogP contribution in [0.1, 0.15) is 31.1 Å². The maximum Gasteiger partial charge on any atom is 0.130 e. The molecule has 0 heterocycles. The molecule has 0 aliphatic carbocycles. The molecule has 90 valence electrons. The Kier molecular flexibility index (Phi) is 4.42. The molecule has 3 heteroatoms. The van der Waals surface area contributed by atoms with Gasteiger partial charge in [-0.15, -0.1) is 0 Å². The number of alkyl halides is 1. The van der Waals surface area contributed by atoms with E-state index in [9.17, 15) is 8.78 Å². The summed E-state index contributed by atoms with van der Waals surface area (Å²) in [7, 11) is 0. The molecule has 1 aromatic carbocycles. The molecule has 0 radical (unpaired) electrons. The van der Waals surface area contributed by atoms with Crippen molar-refractivity contribution >= 4 is 0 Å². The van der Waals surface area contributed by atoms with Crippen LogP contribution in [-0.2, 0) is 0 Å². The van der Waals surface area contributed by atoms with Gasteiger partial charge in [0.1, 0.15) is 12.0 Å². The highest BCUT2D eigenvalue weighted by Gasteiger charge is 2.25. The van der Waals surface area contributed by atoms with E-state index < -0.39 is 12.0 Å². The Morgan fingerprint density at radius 2 is 1.94 bits per heavy atom. The first kappa shape index (κ1) is 13.1. The van der Waals surface area contributed by atoms with Crippen LogP contribution in [0, 0.1) is 24.6 Å². The molecule has 2 atom stereocenters. The Morgan fingerprint density at radius 1 is 1.31 bits per heavy atom. The number of aryl methyl sites for hydroxylation is 1. The highest BCUT2D eigenvalue weighted by molar-refractivity contribution is 5.29. The number of nitrogens with two attached hydrogens (primary N) is 1. The molecular weight excluding hydrogens is 208 g/mol. The Hall–Kier alpha value is -0.960. The fourth-order valence-corrected chi connectivity index (χ4v) is 1.87. The highest BCUT2D eigenvalue weighted by atomic mass is 19.1. The summed E-state index contributed by atoms with van der Waals surface area (Å²) in [6.07, 6.45) is -1.19. The summed E-state index contributed by atoms with van der Waals surface area (Å²) in [5.41, 5.74) is 6.76. The van der Waals surface area contributed by atoms with Crippen LogP contribution in [-0.4, -0.2) is 6.54 Å². The van der Waals surface area contributed by atoms with Gasteiger partial charge in [0.05, 0.1) is 0 Å². The number of rotatable bonds is 4. The summed E-state index contributed by atoms with van der Waals surface area (Å²) >= 11 is 0. The Morgan fingerprint density at radius 3 is 2.44 bits per heavy atom. The standard InChI is InChI=1S/C13H19F2N/c1-8(2)12(7-16)13(15)11-6-10(14)5-4-9(11)3/h4-6,8,12-13H,7,16H2,1-3H3. The predicted octanol–water partition coefficient (Wildman–Crippen LogP) is 3.38. The van der Waals surface area contributed by atoms with Crippen LogP contribution in [0.3, 0.4) is 0 Å². The van der Waals surface area contributed by atoms with Gasteiger partial charge < -0.3 is 5.73 Å². The van der Waals surface area contributed by atoms with E-state index in [0.717, 1.165) is 5.56 Å². The lowest BCUT2D eigenvalue weighted by Crippen LogP contribution is -2.25. The Balaban J connectivity index is 3.02.